The number of ether oxygens (including phenoxy) is 8. The van der Waals surface area contributed by atoms with Crippen molar-refractivity contribution in [1.29, 1.82) is 21.0 Å². The number of nitriles is 4. The first-order valence-corrected chi connectivity index (χ1v) is 68.4. The topological polar surface area (TPSA) is 306 Å². The summed E-state index contributed by atoms with van der Waals surface area (Å²) in [6.45, 7) is 16.1. The molecule has 0 spiro atoms. The van der Waals surface area contributed by atoms with Crippen molar-refractivity contribution in [2.24, 2.45) is 0 Å². The van der Waals surface area contributed by atoms with Gasteiger partial charge in [-0.3, -0.25) is 38.4 Å². The van der Waals surface area contributed by atoms with Crippen LogP contribution in [0.15, 0.2) is 0 Å². The number of hydrogen-bond donors (Lipinski definition) is 0. The first kappa shape index (κ1) is 137. The van der Waals surface area contributed by atoms with Crippen LogP contribution in [0.2, 0.25) is 0 Å². The molecule has 0 amide bonds. The summed E-state index contributed by atoms with van der Waals surface area (Å²) >= 11 is 34.1. The molecule has 4 atom stereocenters. The van der Waals surface area contributed by atoms with E-state index >= 15 is 0 Å². The minimum atomic E-state index is -3.34. The van der Waals surface area contributed by atoms with E-state index in [0.717, 1.165) is 74.4 Å². The van der Waals surface area contributed by atoms with Crippen molar-refractivity contribution in [2.75, 3.05) is 95.5 Å². The molecule has 0 saturated heterocycles. The van der Waals surface area contributed by atoms with E-state index in [0.29, 0.717) is 37.1 Å². The summed E-state index contributed by atoms with van der Waals surface area (Å²) in [5.41, 5.74) is 0. The monoisotopic (exact) mass is 2280 g/mol. The molecule has 0 fully saturated rings. The maximum Gasteiger partial charge on any atom is 0.619 e. The number of nitrogens with zero attached hydrogens (tertiary/aromatic N) is 4. The van der Waals surface area contributed by atoms with Gasteiger partial charge < -0.3 is 37.9 Å². The van der Waals surface area contributed by atoms with Crippen molar-refractivity contribution in [1.82, 2.24) is 0 Å². The van der Waals surface area contributed by atoms with Crippen LogP contribution in [0.5, 0.6) is 0 Å². The van der Waals surface area contributed by atoms with Gasteiger partial charge in [0.05, 0.1) is 50.0 Å². The Bertz CT molecular complexity index is 3040. The molecule has 0 N–H and O–H groups in total. The number of carbonyl (C=O) groups is 8. The van der Waals surface area contributed by atoms with E-state index in [2.05, 4.69) is 52.0 Å². The quantitative estimate of drug-likeness (QED) is 0.0136. The summed E-state index contributed by atoms with van der Waals surface area (Å²) in [6.07, 6.45) is 45.6. The Morgan fingerprint density at radius 1 is 0.226 bits per heavy atom. The number of hydrogen-bond acceptors (Lipinski definition) is 40. The zero-order valence-electron chi connectivity index (χ0n) is 83.1. The molecule has 0 aromatic heterocycles. The summed E-state index contributed by atoms with van der Waals surface area (Å²) in [5, 5.41) is 40.5. The zero-order chi connectivity index (χ0) is 101. The van der Waals surface area contributed by atoms with Gasteiger partial charge in [0, 0.05) is 71.7 Å². The highest BCUT2D eigenvalue weighted by molar-refractivity contribution is 8.77. The Balaban J connectivity index is 6.29. The van der Waals surface area contributed by atoms with Gasteiger partial charge >= 0.3 is 53.9 Å². The minimum Gasteiger partial charge on any atom is -0.465 e. The number of carbonyl (C=O) groups excluding carboxylic acids is 8. The standard InChI is InChI=1S/C97H160N4O16S20/c1-9-13-17-21-25-29-33-37-41-45-65-122-89(118)134-93(5,77-98)57-49-81(102)110-61-73-130-126-69-53-85(106)114-97(115-86(107)54-70-127-131-74-62-111-82(103)50-58-94(6,78-99)135-90(119)123-66-46-42-38-34-30-26-22-18-14-10-2,116-87(108)55-71-128-132-75-63-112-83(104)51-59-95(7,79-100)136-91(120)124-67-47-43-39-35-31-27-23-19-15-11-3)117-88(109)56-72-129-133-76-64-113-84(105)52-60-96(8,80-101)137-92(121)125-68-48-44-40-36-32-28-24-20-16-12-4/h9-76H2,1-8H3. The summed E-state index contributed by atoms with van der Waals surface area (Å²) in [7, 11) is 10.1. The fourth-order valence-electron chi connectivity index (χ4n) is 12.6. The first-order chi connectivity index (χ1) is 66.0. The fraction of sp³-hybridized carbons (Fsp3) is 0.835. The predicted octanol–water partition coefficient (Wildman–Crippen LogP) is 32.0. The number of unbranched alkanes of at least 4 members (excludes halogenated alkanes) is 36. The summed E-state index contributed by atoms with van der Waals surface area (Å²) in [6, 6.07) is 9.32. The van der Waals surface area contributed by atoms with Crippen molar-refractivity contribution in [3.63, 3.8) is 0 Å². The van der Waals surface area contributed by atoms with E-state index in [4.69, 9.17) is 86.8 Å². The molecule has 0 saturated carbocycles. The molecular formula is C97H160N4O16S20. The van der Waals surface area contributed by atoms with Gasteiger partial charge in [-0.2, -0.15) is 21.0 Å². The van der Waals surface area contributed by atoms with E-state index in [9.17, 15) is 59.4 Å². The molecule has 0 aliphatic rings. The average Bonchev–Trinajstić information content (AvgIpc) is 0.823. The highest BCUT2D eigenvalue weighted by atomic mass is 33.1. The first-order valence-electron chi connectivity index (χ1n) is 49.6. The molecule has 0 radical (unpaired) electrons. The molecule has 0 aliphatic heterocycles. The Labute approximate surface area is 913 Å². The van der Waals surface area contributed by atoms with Gasteiger partial charge in [-0.15, -0.1) is 47.0 Å². The van der Waals surface area contributed by atoms with Crippen molar-refractivity contribution >= 4 is 291 Å². The molecule has 4 unspecified atom stereocenters. The maximum atomic E-state index is 14.0. The van der Waals surface area contributed by atoms with Crippen molar-refractivity contribution in [3.8, 4) is 24.3 Å². The minimum absolute atomic E-state index is 0.00216. The molecule has 0 aromatic rings. The Kier molecular flexibility index (Phi) is 93.9. The van der Waals surface area contributed by atoms with Crippen LogP contribution in [-0.4, -0.2) is 182 Å². The Morgan fingerprint density at radius 2 is 0.387 bits per heavy atom. The van der Waals surface area contributed by atoms with Crippen LogP contribution >= 0.6 is 229 Å². The van der Waals surface area contributed by atoms with E-state index in [-0.39, 0.29) is 126 Å². The molecular weight excluding hydrogens is 2120 g/mol. The van der Waals surface area contributed by atoms with Gasteiger partial charge in [0.15, 0.2) is 0 Å². The Hall–Kier alpha value is -0.320. The lowest BCUT2D eigenvalue weighted by Crippen LogP contribution is -2.48. The SMILES string of the molecule is CCCCCCCCCCCCSC(=S)SC(C)(C#N)CCC(=O)OCCSSCCC(=O)OC(OC(=O)CCSSCCOC(=O)CCC(C)(C#N)SC(=S)SCCCCCCCCCCCC)(OC(=O)CCSSCCOC(=O)CCC(C)(C#N)SC(=S)SCCCCCCCCCCCC)OC(=O)CCSSCCOC(=O)CCC(C)(C#N)SC(=S)SCCCCCCCCCCCC. The molecule has 784 valence electrons. The molecule has 0 heterocycles. The lowest BCUT2D eigenvalue weighted by molar-refractivity contribution is -0.432. The molecule has 20 nitrogen and oxygen atoms in total. The van der Waals surface area contributed by atoms with Gasteiger partial charge in [-0.05, 0) is 102 Å². The average molecular weight is 2280 g/mol. The third-order valence-electron chi connectivity index (χ3n) is 20.8. The second kappa shape index (κ2) is 94.1. The highest BCUT2D eigenvalue weighted by Crippen LogP contribution is 2.41. The third kappa shape index (κ3) is 86.2. The molecule has 137 heavy (non-hydrogen) atoms. The Morgan fingerprint density at radius 3 is 0.555 bits per heavy atom. The summed E-state index contributed by atoms with van der Waals surface area (Å²) in [4.78, 5) is 108. The maximum absolute atomic E-state index is 14.0. The zero-order valence-corrected chi connectivity index (χ0v) is 99.4. The van der Waals surface area contributed by atoms with E-state index in [1.165, 1.54) is 339 Å². The molecule has 0 aromatic carbocycles. The summed E-state index contributed by atoms with van der Waals surface area (Å²) in [5.74, 6) is -1.12. The smallest absolute Gasteiger partial charge is 0.465 e. The van der Waals surface area contributed by atoms with Crippen LogP contribution < -0.4 is 0 Å². The second-order valence-corrected chi connectivity index (χ2v) is 59.8. The predicted molar refractivity (Wildman–Crippen MR) is 620 cm³/mol. The van der Waals surface area contributed by atoms with Crippen molar-refractivity contribution in [3.05, 3.63) is 0 Å². The van der Waals surface area contributed by atoms with E-state index < -0.39 is 72.9 Å². The summed E-state index contributed by atoms with van der Waals surface area (Å²) < 4.78 is 43.7. The van der Waals surface area contributed by atoms with E-state index in [1.54, 1.807) is 74.7 Å². The number of thiocarbonyl (C=S) groups is 4. The lowest BCUT2D eigenvalue weighted by atomic mass is 10.1. The van der Waals surface area contributed by atoms with Crippen LogP contribution in [-0.2, 0) is 76.3 Å². The van der Waals surface area contributed by atoms with Crippen LogP contribution in [0.1, 0.15) is 389 Å². The normalized spacial score (nSPS) is 13.4. The molecule has 0 rings (SSSR count). The van der Waals surface area contributed by atoms with E-state index in [1.807, 2.05) is 0 Å². The molecule has 0 bridgehead atoms. The van der Waals surface area contributed by atoms with Gasteiger partial charge in [0.1, 0.15) is 59.5 Å². The van der Waals surface area contributed by atoms with Gasteiger partial charge in [0.2, 0.25) is 0 Å². The van der Waals surface area contributed by atoms with Crippen molar-refractivity contribution < 1.29 is 76.3 Å². The van der Waals surface area contributed by atoms with Crippen LogP contribution in [0.4, 0.5) is 0 Å². The highest BCUT2D eigenvalue weighted by Gasteiger charge is 2.50. The molecule has 0 aliphatic carbocycles. The van der Waals surface area contributed by atoms with Crippen LogP contribution in [0, 0.1) is 45.3 Å². The number of thioether (sulfide) groups is 8. The molecule has 40 heteroatoms. The van der Waals surface area contributed by atoms with Crippen LogP contribution in [0.25, 0.3) is 0 Å². The fourth-order valence-corrected chi connectivity index (χ4v) is 31.7. The number of rotatable bonds is 92. The largest absolute Gasteiger partial charge is 0.619 e. The van der Waals surface area contributed by atoms with Crippen LogP contribution in [0.3, 0.4) is 0 Å². The lowest BCUT2D eigenvalue weighted by Gasteiger charge is -2.29. The van der Waals surface area contributed by atoms with Gasteiger partial charge in [-0.1, -0.05) is 441 Å². The second-order valence-electron chi connectivity index (χ2n) is 33.8. The van der Waals surface area contributed by atoms with Crippen molar-refractivity contribution in [2.45, 2.75) is 414 Å². The third-order valence-corrected chi connectivity index (χ3v) is 41.7. The number of esters is 8. The van der Waals surface area contributed by atoms with Gasteiger partial charge in [-0.25, -0.2) is 0 Å². The van der Waals surface area contributed by atoms with Gasteiger partial charge in [0.25, 0.3) is 0 Å².